The Morgan fingerprint density at radius 2 is 2.25 bits per heavy atom. The van der Waals surface area contributed by atoms with Crippen molar-refractivity contribution in [3.05, 3.63) is 33.8 Å². The van der Waals surface area contributed by atoms with E-state index in [0.717, 1.165) is 21.6 Å². The van der Waals surface area contributed by atoms with Crippen molar-refractivity contribution in [1.82, 2.24) is 24.9 Å². The Kier molecular flexibility index (Phi) is 4.95. The van der Waals surface area contributed by atoms with E-state index in [1.165, 1.54) is 0 Å². The average molecular weight is 342 g/mol. The molecule has 0 aliphatic rings. The highest BCUT2D eigenvalue weighted by Gasteiger charge is 2.23. The van der Waals surface area contributed by atoms with Crippen molar-refractivity contribution in [2.75, 3.05) is 20.8 Å². The summed E-state index contributed by atoms with van der Waals surface area (Å²) in [5.74, 6) is 0. The Morgan fingerprint density at radius 1 is 1.50 bits per heavy atom. The molecule has 1 unspecified atom stereocenters. The first kappa shape index (κ1) is 15.2. The summed E-state index contributed by atoms with van der Waals surface area (Å²) in [6.07, 6.45) is 1.82. The molecule has 0 aromatic carbocycles. The molecule has 1 N–H and O–H groups in total. The molecule has 2 rings (SSSR count). The number of hydrogen-bond donors (Lipinski definition) is 1. The van der Waals surface area contributed by atoms with Gasteiger partial charge in [-0.25, -0.2) is 0 Å². The molecule has 110 valence electrons. The SMILES string of the molecule is CNC(c1cc(C)nn1C)c1c(Br)cnn1CCOC. The van der Waals surface area contributed by atoms with Crippen molar-refractivity contribution in [2.45, 2.75) is 19.5 Å². The van der Waals surface area contributed by atoms with Gasteiger partial charge in [0.25, 0.3) is 0 Å². The third-order valence-electron chi connectivity index (χ3n) is 3.24. The van der Waals surface area contributed by atoms with Gasteiger partial charge in [-0.15, -0.1) is 0 Å². The predicted octanol–water partition coefficient (Wildman–Crippen LogP) is 1.64. The van der Waals surface area contributed by atoms with Gasteiger partial charge in [0.05, 0.1) is 46.9 Å². The number of aromatic nitrogens is 4. The van der Waals surface area contributed by atoms with E-state index in [4.69, 9.17) is 4.74 Å². The summed E-state index contributed by atoms with van der Waals surface area (Å²) in [5.41, 5.74) is 3.18. The Morgan fingerprint density at radius 3 is 2.80 bits per heavy atom. The summed E-state index contributed by atoms with van der Waals surface area (Å²) < 4.78 is 9.98. The summed E-state index contributed by atoms with van der Waals surface area (Å²) in [6.45, 7) is 3.34. The zero-order chi connectivity index (χ0) is 14.7. The molecular formula is C13H20BrN5O. The fraction of sp³-hybridized carbons (Fsp3) is 0.538. The van der Waals surface area contributed by atoms with Gasteiger partial charge in [0.1, 0.15) is 0 Å². The van der Waals surface area contributed by atoms with Crippen LogP contribution in [0.1, 0.15) is 23.1 Å². The van der Waals surface area contributed by atoms with Crippen LogP contribution in [0.4, 0.5) is 0 Å². The van der Waals surface area contributed by atoms with Crippen LogP contribution in [-0.2, 0) is 18.3 Å². The zero-order valence-electron chi connectivity index (χ0n) is 12.2. The molecule has 0 amide bonds. The number of ether oxygens (including phenoxy) is 1. The quantitative estimate of drug-likeness (QED) is 0.867. The number of methoxy groups -OCH3 is 1. The second-order valence-corrected chi connectivity index (χ2v) is 5.50. The van der Waals surface area contributed by atoms with Crippen LogP contribution in [0, 0.1) is 6.92 Å². The molecular weight excluding hydrogens is 322 g/mol. The summed E-state index contributed by atoms with van der Waals surface area (Å²) in [6, 6.07) is 2.11. The molecule has 0 fully saturated rings. The smallest absolute Gasteiger partial charge is 0.0927 e. The van der Waals surface area contributed by atoms with Gasteiger partial charge in [-0.05, 0) is 36.0 Å². The Hall–Kier alpha value is -1.18. The van der Waals surface area contributed by atoms with Crippen molar-refractivity contribution in [2.24, 2.45) is 7.05 Å². The lowest BCUT2D eigenvalue weighted by atomic mass is 10.1. The Labute approximate surface area is 127 Å². The average Bonchev–Trinajstić information content (AvgIpc) is 2.93. The molecule has 7 heteroatoms. The first-order valence-corrected chi connectivity index (χ1v) is 7.25. The summed E-state index contributed by atoms with van der Waals surface area (Å²) in [5, 5.41) is 12.2. The third kappa shape index (κ3) is 2.94. The maximum atomic E-state index is 5.14. The lowest BCUT2D eigenvalue weighted by molar-refractivity contribution is 0.182. The highest BCUT2D eigenvalue weighted by Crippen LogP contribution is 2.28. The number of nitrogens with zero attached hydrogens (tertiary/aromatic N) is 4. The number of rotatable bonds is 6. The van der Waals surface area contributed by atoms with Crippen LogP contribution >= 0.6 is 15.9 Å². The number of aryl methyl sites for hydroxylation is 2. The molecule has 6 nitrogen and oxygen atoms in total. The fourth-order valence-corrected chi connectivity index (χ4v) is 2.87. The van der Waals surface area contributed by atoms with Crippen LogP contribution in [0.25, 0.3) is 0 Å². The van der Waals surface area contributed by atoms with E-state index >= 15 is 0 Å². The molecule has 0 saturated carbocycles. The number of hydrogen-bond acceptors (Lipinski definition) is 4. The topological polar surface area (TPSA) is 56.9 Å². The largest absolute Gasteiger partial charge is 0.383 e. The van der Waals surface area contributed by atoms with Crippen LogP contribution < -0.4 is 5.32 Å². The van der Waals surface area contributed by atoms with E-state index in [1.54, 1.807) is 7.11 Å². The molecule has 0 aliphatic heterocycles. The molecule has 0 aliphatic carbocycles. The van der Waals surface area contributed by atoms with Crippen LogP contribution in [0.3, 0.4) is 0 Å². The summed E-state index contributed by atoms with van der Waals surface area (Å²) in [7, 11) is 5.59. The molecule has 0 spiro atoms. The van der Waals surface area contributed by atoms with Crippen molar-refractivity contribution < 1.29 is 4.74 Å². The van der Waals surface area contributed by atoms with Crippen LogP contribution in [0.15, 0.2) is 16.7 Å². The second kappa shape index (κ2) is 6.51. The number of nitrogens with one attached hydrogen (secondary N) is 1. The minimum atomic E-state index is 0.0231. The lowest BCUT2D eigenvalue weighted by Gasteiger charge is -2.19. The van der Waals surface area contributed by atoms with E-state index in [9.17, 15) is 0 Å². The third-order valence-corrected chi connectivity index (χ3v) is 3.85. The first-order chi connectivity index (χ1) is 9.58. The molecule has 2 aromatic rings. The van der Waals surface area contributed by atoms with Gasteiger partial charge in [0, 0.05) is 14.2 Å². The molecule has 2 heterocycles. The molecule has 1 atom stereocenters. The molecule has 2 aromatic heterocycles. The Bertz CT molecular complexity index is 577. The molecule has 20 heavy (non-hydrogen) atoms. The van der Waals surface area contributed by atoms with Gasteiger partial charge in [0.2, 0.25) is 0 Å². The van der Waals surface area contributed by atoms with Crippen LogP contribution in [0.5, 0.6) is 0 Å². The van der Waals surface area contributed by atoms with Gasteiger partial charge in [-0.2, -0.15) is 10.2 Å². The molecule has 0 bridgehead atoms. The minimum Gasteiger partial charge on any atom is -0.383 e. The number of halogens is 1. The maximum absolute atomic E-state index is 5.14. The minimum absolute atomic E-state index is 0.0231. The molecule has 0 saturated heterocycles. The van der Waals surface area contributed by atoms with Gasteiger partial charge < -0.3 is 10.1 Å². The predicted molar refractivity (Wildman–Crippen MR) is 80.7 cm³/mol. The zero-order valence-corrected chi connectivity index (χ0v) is 13.8. The highest BCUT2D eigenvalue weighted by molar-refractivity contribution is 9.10. The van der Waals surface area contributed by atoms with Crippen molar-refractivity contribution in [1.29, 1.82) is 0 Å². The fourth-order valence-electron chi connectivity index (χ4n) is 2.34. The van der Waals surface area contributed by atoms with Crippen LogP contribution in [0.2, 0.25) is 0 Å². The van der Waals surface area contributed by atoms with Gasteiger partial charge in [0.15, 0.2) is 0 Å². The van der Waals surface area contributed by atoms with E-state index < -0.39 is 0 Å². The summed E-state index contributed by atoms with van der Waals surface area (Å²) in [4.78, 5) is 0. The second-order valence-electron chi connectivity index (χ2n) is 4.65. The lowest BCUT2D eigenvalue weighted by Crippen LogP contribution is -2.25. The van der Waals surface area contributed by atoms with Crippen LogP contribution in [-0.4, -0.2) is 40.3 Å². The highest BCUT2D eigenvalue weighted by atomic mass is 79.9. The monoisotopic (exact) mass is 341 g/mol. The van der Waals surface area contributed by atoms with Gasteiger partial charge in [-0.3, -0.25) is 9.36 Å². The maximum Gasteiger partial charge on any atom is 0.0927 e. The van der Waals surface area contributed by atoms with E-state index in [0.29, 0.717) is 13.2 Å². The standard InChI is InChI=1S/C13H20BrN5O/c1-9-7-11(18(3)17-9)12(15-2)13-10(14)8-16-19(13)5-6-20-4/h7-8,12,15H,5-6H2,1-4H3. The molecule has 0 radical (unpaired) electrons. The van der Waals surface area contributed by atoms with Crippen molar-refractivity contribution >= 4 is 15.9 Å². The van der Waals surface area contributed by atoms with Gasteiger partial charge >= 0.3 is 0 Å². The first-order valence-electron chi connectivity index (χ1n) is 6.46. The van der Waals surface area contributed by atoms with Crippen molar-refractivity contribution in [3.8, 4) is 0 Å². The normalized spacial score (nSPS) is 12.8. The van der Waals surface area contributed by atoms with E-state index in [2.05, 4.69) is 37.5 Å². The van der Waals surface area contributed by atoms with E-state index in [1.807, 2.05) is 36.6 Å². The van der Waals surface area contributed by atoms with E-state index in [-0.39, 0.29) is 6.04 Å². The Balaban J connectivity index is 2.41. The van der Waals surface area contributed by atoms with Crippen molar-refractivity contribution in [3.63, 3.8) is 0 Å². The summed E-state index contributed by atoms with van der Waals surface area (Å²) >= 11 is 3.59. The van der Waals surface area contributed by atoms with Gasteiger partial charge in [-0.1, -0.05) is 0 Å².